The molecule has 84 valence electrons. The molecule has 1 fully saturated rings. The molecule has 2 unspecified atom stereocenters. The molecule has 0 bridgehead atoms. The highest BCUT2D eigenvalue weighted by Crippen LogP contribution is 2.18. The van der Waals surface area contributed by atoms with Crippen LogP contribution < -0.4 is 5.32 Å². The van der Waals surface area contributed by atoms with Gasteiger partial charge in [-0.25, -0.2) is 0 Å². The Morgan fingerprint density at radius 3 is 3.20 bits per heavy atom. The van der Waals surface area contributed by atoms with Crippen molar-refractivity contribution in [2.45, 2.75) is 18.6 Å². The fraction of sp³-hybridized carbons (Fsp3) is 0.636. The van der Waals surface area contributed by atoms with Gasteiger partial charge in [0, 0.05) is 24.0 Å². The highest BCUT2D eigenvalue weighted by atomic mass is 32.2. The maximum atomic E-state index is 5.75. The van der Waals surface area contributed by atoms with Crippen LogP contribution in [0.4, 0.5) is 0 Å². The van der Waals surface area contributed by atoms with Gasteiger partial charge in [0.15, 0.2) is 0 Å². The van der Waals surface area contributed by atoms with E-state index < -0.39 is 0 Å². The van der Waals surface area contributed by atoms with Gasteiger partial charge in [-0.05, 0) is 19.2 Å². The number of hydrogen-bond acceptors (Lipinski definition) is 4. The summed E-state index contributed by atoms with van der Waals surface area (Å²) in [6.07, 6.45) is 2.92. The van der Waals surface area contributed by atoms with E-state index in [0.717, 1.165) is 30.3 Å². The van der Waals surface area contributed by atoms with Crippen LogP contribution in [0, 0.1) is 0 Å². The minimum Gasteiger partial charge on any atom is -0.469 e. The van der Waals surface area contributed by atoms with Crippen molar-refractivity contribution in [1.82, 2.24) is 5.32 Å². The average Bonchev–Trinajstić information content (AvgIpc) is 2.80. The van der Waals surface area contributed by atoms with Crippen molar-refractivity contribution in [3.05, 3.63) is 24.2 Å². The second-order valence-electron chi connectivity index (χ2n) is 3.66. The third-order valence-corrected chi connectivity index (χ3v) is 3.68. The first-order valence-electron chi connectivity index (χ1n) is 5.29. The van der Waals surface area contributed by atoms with Gasteiger partial charge in [0.2, 0.25) is 0 Å². The maximum Gasteiger partial charge on any atom is 0.105 e. The van der Waals surface area contributed by atoms with Crippen LogP contribution in [0.1, 0.15) is 5.76 Å². The summed E-state index contributed by atoms with van der Waals surface area (Å²) >= 11 is 1.96. The molecule has 0 spiro atoms. The van der Waals surface area contributed by atoms with Gasteiger partial charge in [0.25, 0.3) is 0 Å². The molecule has 0 aromatic carbocycles. The number of thioether (sulfide) groups is 1. The van der Waals surface area contributed by atoms with Crippen molar-refractivity contribution < 1.29 is 9.15 Å². The molecule has 1 N–H and O–H groups in total. The number of nitrogens with one attached hydrogen (secondary N) is 1. The molecular formula is C11H17NO2S. The minimum atomic E-state index is 0.304. The van der Waals surface area contributed by atoms with Crippen LogP contribution >= 0.6 is 11.8 Å². The largest absolute Gasteiger partial charge is 0.469 e. The molecule has 1 aromatic heterocycles. The third-order valence-electron chi connectivity index (χ3n) is 2.66. The lowest BCUT2D eigenvalue weighted by Gasteiger charge is -2.29. The Hall–Kier alpha value is -0.450. The smallest absolute Gasteiger partial charge is 0.105 e. The summed E-state index contributed by atoms with van der Waals surface area (Å²) in [4.78, 5) is 0. The number of hydrogen-bond donors (Lipinski definition) is 1. The Kier molecular flexibility index (Phi) is 4.11. The minimum absolute atomic E-state index is 0.304. The van der Waals surface area contributed by atoms with Crippen molar-refractivity contribution in [1.29, 1.82) is 0 Å². The Morgan fingerprint density at radius 1 is 1.67 bits per heavy atom. The fourth-order valence-electron chi connectivity index (χ4n) is 1.80. The van der Waals surface area contributed by atoms with Crippen LogP contribution in [0.3, 0.4) is 0 Å². The summed E-state index contributed by atoms with van der Waals surface area (Å²) < 4.78 is 11.1. The van der Waals surface area contributed by atoms with Gasteiger partial charge in [-0.2, -0.15) is 11.8 Å². The molecule has 2 atom stereocenters. The van der Waals surface area contributed by atoms with E-state index in [1.54, 1.807) is 6.26 Å². The van der Waals surface area contributed by atoms with Gasteiger partial charge in [-0.1, -0.05) is 0 Å². The molecule has 0 aliphatic carbocycles. The Bertz CT molecular complexity index is 270. The summed E-state index contributed by atoms with van der Waals surface area (Å²) in [6, 6.07) is 4.29. The molecule has 1 aromatic rings. The molecule has 2 rings (SSSR count). The molecule has 1 saturated heterocycles. The van der Waals surface area contributed by atoms with Crippen LogP contribution in [0.15, 0.2) is 22.8 Å². The van der Waals surface area contributed by atoms with Gasteiger partial charge < -0.3 is 14.5 Å². The predicted molar refractivity (Wildman–Crippen MR) is 62.3 cm³/mol. The molecule has 0 amide bonds. The number of likely N-dealkylation sites (N-methyl/N-ethyl adjacent to an activating group) is 1. The molecule has 3 nitrogen and oxygen atoms in total. The van der Waals surface area contributed by atoms with Crippen LogP contribution in [0.25, 0.3) is 0 Å². The van der Waals surface area contributed by atoms with E-state index in [2.05, 4.69) is 5.32 Å². The lowest BCUT2D eigenvalue weighted by atomic mass is 10.1. The summed E-state index contributed by atoms with van der Waals surface area (Å²) in [5, 5.41) is 3.31. The number of rotatable bonds is 4. The SMILES string of the molecule is CNC(Cc1ccco1)C1CSCCO1. The maximum absolute atomic E-state index is 5.75. The summed E-state index contributed by atoms with van der Waals surface area (Å²) in [5.74, 6) is 3.22. The zero-order valence-electron chi connectivity index (χ0n) is 8.94. The van der Waals surface area contributed by atoms with E-state index in [1.807, 2.05) is 30.9 Å². The molecule has 1 aliphatic heterocycles. The monoisotopic (exact) mass is 227 g/mol. The lowest BCUT2D eigenvalue weighted by Crippen LogP contribution is -2.44. The normalized spacial score (nSPS) is 23.9. The van der Waals surface area contributed by atoms with E-state index in [0.29, 0.717) is 12.1 Å². The van der Waals surface area contributed by atoms with Crippen LogP contribution in [-0.2, 0) is 11.2 Å². The number of furan rings is 1. The molecule has 0 radical (unpaired) electrons. The quantitative estimate of drug-likeness (QED) is 0.846. The van der Waals surface area contributed by atoms with Gasteiger partial charge in [-0.3, -0.25) is 0 Å². The molecule has 4 heteroatoms. The molecule has 2 heterocycles. The first-order chi connectivity index (χ1) is 7.40. The van der Waals surface area contributed by atoms with Gasteiger partial charge in [0.1, 0.15) is 5.76 Å². The summed E-state index contributed by atoms with van der Waals surface area (Å²) in [7, 11) is 1.98. The first kappa shape index (κ1) is 11.0. The van der Waals surface area contributed by atoms with Crippen molar-refractivity contribution >= 4 is 11.8 Å². The summed E-state index contributed by atoms with van der Waals surface area (Å²) in [5.41, 5.74) is 0. The predicted octanol–water partition coefficient (Wildman–Crippen LogP) is 1.54. The third kappa shape index (κ3) is 3.00. The van der Waals surface area contributed by atoms with E-state index in [9.17, 15) is 0 Å². The van der Waals surface area contributed by atoms with Gasteiger partial charge in [0.05, 0.1) is 19.0 Å². The van der Waals surface area contributed by atoms with Crippen molar-refractivity contribution in [2.75, 3.05) is 25.2 Å². The van der Waals surface area contributed by atoms with Crippen molar-refractivity contribution in [3.8, 4) is 0 Å². The average molecular weight is 227 g/mol. The highest BCUT2D eigenvalue weighted by molar-refractivity contribution is 7.99. The second-order valence-corrected chi connectivity index (χ2v) is 4.81. The second kappa shape index (κ2) is 5.58. The topological polar surface area (TPSA) is 34.4 Å². The fourth-order valence-corrected chi connectivity index (χ4v) is 2.74. The van der Waals surface area contributed by atoms with Gasteiger partial charge in [-0.15, -0.1) is 0 Å². The van der Waals surface area contributed by atoms with Gasteiger partial charge >= 0.3 is 0 Å². The zero-order chi connectivity index (χ0) is 10.5. The lowest BCUT2D eigenvalue weighted by molar-refractivity contribution is 0.0479. The van der Waals surface area contributed by atoms with Crippen molar-refractivity contribution in [2.24, 2.45) is 0 Å². The van der Waals surface area contributed by atoms with Crippen LogP contribution in [0.5, 0.6) is 0 Å². The highest BCUT2D eigenvalue weighted by Gasteiger charge is 2.24. The molecule has 15 heavy (non-hydrogen) atoms. The van der Waals surface area contributed by atoms with E-state index >= 15 is 0 Å². The molecular weight excluding hydrogens is 210 g/mol. The van der Waals surface area contributed by atoms with E-state index in [1.165, 1.54) is 0 Å². The Morgan fingerprint density at radius 2 is 2.60 bits per heavy atom. The summed E-state index contributed by atoms with van der Waals surface area (Å²) in [6.45, 7) is 0.867. The zero-order valence-corrected chi connectivity index (χ0v) is 9.76. The standard InChI is InChI=1S/C11H17NO2S/c1-12-10(7-9-3-2-4-13-9)11-8-15-6-5-14-11/h2-4,10-12H,5-8H2,1H3. The van der Waals surface area contributed by atoms with Crippen LogP contribution in [-0.4, -0.2) is 37.3 Å². The Balaban J connectivity index is 1.91. The number of ether oxygens (including phenoxy) is 1. The molecule has 0 saturated carbocycles. The first-order valence-corrected chi connectivity index (χ1v) is 6.44. The van der Waals surface area contributed by atoms with E-state index in [-0.39, 0.29) is 0 Å². The van der Waals surface area contributed by atoms with Crippen LogP contribution in [0.2, 0.25) is 0 Å². The molecule has 1 aliphatic rings. The van der Waals surface area contributed by atoms with Crippen molar-refractivity contribution in [3.63, 3.8) is 0 Å². The Labute approximate surface area is 94.6 Å². The van der Waals surface area contributed by atoms with E-state index in [4.69, 9.17) is 9.15 Å².